The molecule has 1 nitrogen and oxygen atoms in total. The van der Waals surface area contributed by atoms with E-state index in [1.54, 1.807) is 11.1 Å². The molecule has 0 saturated heterocycles. The fourth-order valence-electron chi connectivity index (χ4n) is 15.1. The van der Waals surface area contributed by atoms with E-state index in [2.05, 4.69) is 250 Å². The van der Waals surface area contributed by atoms with E-state index >= 15 is 0 Å². The Morgan fingerprint density at radius 2 is 1.04 bits per heavy atom. The number of aryl methyl sites for hydroxylation is 5. The fourth-order valence-corrected chi connectivity index (χ4v) is 15.1. The Morgan fingerprint density at radius 1 is 0.514 bits per heavy atom. The fraction of sp³-hybridized carbons (Fsp3) is 0.400. The maximum Gasteiger partial charge on any atom is 0.242 e. The highest BCUT2D eigenvalue weighted by atomic mass is 15.1. The lowest BCUT2D eigenvalue weighted by Gasteiger charge is -2.38. The predicted molar refractivity (Wildman–Crippen MR) is 313 cm³/mol. The molecule has 0 radical (unpaired) electrons. The molecule has 0 bridgehead atoms. The summed E-state index contributed by atoms with van der Waals surface area (Å²) in [4.78, 5) is 2.46. The molecule has 7 aromatic rings. The summed E-state index contributed by atoms with van der Waals surface area (Å²) < 4.78 is 0. The first-order valence-corrected chi connectivity index (χ1v) is 27.4. The van der Waals surface area contributed by atoms with E-state index in [1.807, 2.05) is 0 Å². The van der Waals surface area contributed by atoms with Crippen LogP contribution in [0.5, 0.6) is 0 Å². The van der Waals surface area contributed by atoms with Gasteiger partial charge in [-0.05, 0) is 196 Å². The van der Waals surface area contributed by atoms with Gasteiger partial charge in [0, 0.05) is 28.9 Å². The van der Waals surface area contributed by atoms with Crippen LogP contribution in [0.25, 0.3) is 0 Å². The van der Waals surface area contributed by atoms with Gasteiger partial charge in [-0.2, -0.15) is 0 Å². The zero-order valence-corrected chi connectivity index (χ0v) is 47.1. The zero-order valence-electron chi connectivity index (χ0n) is 47.1. The van der Waals surface area contributed by atoms with Crippen molar-refractivity contribution in [3.05, 3.63) is 211 Å². The molecule has 2 heteroatoms. The number of hydrogen-bond donors (Lipinski definition) is 0. The van der Waals surface area contributed by atoms with E-state index in [9.17, 15) is 0 Å². The van der Waals surface area contributed by atoms with Crippen molar-refractivity contribution in [2.24, 2.45) is 0 Å². The lowest BCUT2D eigenvalue weighted by molar-refractivity contribution is 0.402. The third kappa shape index (κ3) is 8.51. The monoisotopic (exact) mass is 948 g/mol. The van der Waals surface area contributed by atoms with Crippen LogP contribution >= 0.6 is 0 Å². The normalized spacial score (nSPS) is 18.3. The average Bonchev–Trinajstić information content (AvgIpc) is 3.60. The quantitative estimate of drug-likeness (QED) is 0.130. The van der Waals surface area contributed by atoms with Gasteiger partial charge >= 0.3 is 0 Å². The van der Waals surface area contributed by atoms with Gasteiger partial charge in [0.25, 0.3) is 0 Å². The van der Waals surface area contributed by atoms with E-state index in [1.165, 1.54) is 94.4 Å². The summed E-state index contributed by atoms with van der Waals surface area (Å²) in [5.41, 5.74) is 30.5. The van der Waals surface area contributed by atoms with Gasteiger partial charge < -0.3 is 4.90 Å². The molecule has 0 amide bonds. The van der Waals surface area contributed by atoms with Crippen molar-refractivity contribution < 1.29 is 0 Å². The van der Waals surface area contributed by atoms with Crippen LogP contribution in [0.3, 0.4) is 0 Å². The summed E-state index contributed by atoms with van der Waals surface area (Å²) in [7, 11) is 0. The minimum absolute atomic E-state index is 0.0599. The molecule has 10 rings (SSSR count). The van der Waals surface area contributed by atoms with E-state index < -0.39 is 0 Å². The summed E-state index contributed by atoms with van der Waals surface area (Å²) in [6.07, 6.45) is 4.42. The van der Waals surface area contributed by atoms with Crippen molar-refractivity contribution in [3.8, 4) is 0 Å². The van der Waals surface area contributed by atoms with Crippen LogP contribution in [0.4, 0.5) is 17.1 Å². The first-order chi connectivity index (χ1) is 33.8. The molecule has 2 atom stereocenters. The second kappa shape index (κ2) is 17.5. The van der Waals surface area contributed by atoms with Crippen molar-refractivity contribution in [2.75, 3.05) is 4.90 Å². The number of anilines is 3. The molecule has 0 N–H and O–H groups in total. The first-order valence-electron chi connectivity index (χ1n) is 27.4. The van der Waals surface area contributed by atoms with Crippen molar-refractivity contribution in [2.45, 2.75) is 182 Å². The number of para-hydroxylation sites is 2. The molecule has 0 spiro atoms. The molecule has 2 unspecified atom stereocenters. The van der Waals surface area contributed by atoms with Crippen molar-refractivity contribution in [3.63, 3.8) is 0 Å². The highest BCUT2D eigenvalue weighted by Gasteiger charge is 2.47. The Morgan fingerprint density at radius 3 is 1.60 bits per heavy atom. The van der Waals surface area contributed by atoms with Gasteiger partial charge in [-0.3, -0.25) is 0 Å². The van der Waals surface area contributed by atoms with E-state index in [4.69, 9.17) is 0 Å². The summed E-state index contributed by atoms with van der Waals surface area (Å²) >= 11 is 0. The van der Waals surface area contributed by atoms with Crippen LogP contribution < -0.4 is 21.3 Å². The molecule has 370 valence electrons. The summed E-state index contributed by atoms with van der Waals surface area (Å²) in [5, 5.41) is 0. The summed E-state index contributed by atoms with van der Waals surface area (Å²) in [6.45, 7) is 41.3. The first kappa shape index (κ1) is 50.0. The van der Waals surface area contributed by atoms with Gasteiger partial charge in [-0.1, -0.05) is 202 Å². The van der Waals surface area contributed by atoms with E-state index in [0.717, 1.165) is 37.1 Å². The van der Waals surface area contributed by atoms with Crippen molar-refractivity contribution >= 4 is 40.2 Å². The molecule has 0 fully saturated rings. The standard InChI is InChI=1S/C70H82BN/c1-43-32-47(5)65-58(33-43)54(30-29-53-44(2)34-49(35-45(53)3)66(7,8)9)57-39-61-62(70(16,17)42-69(61,14)15)40-64(57)71(65)63-31-28-52(72(50-24-20-18-21-25-50)51-26-22-19-23-27-51)37-56(63)48(6)55-38-60-59(36-46(55)4)67(10,11)41-68(60,12)13/h18-28,31-40,48,54H,29-30,41-42H2,1-17H3. The van der Waals surface area contributed by atoms with E-state index in [0.29, 0.717) is 0 Å². The Labute approximate surface area is 436 Å². The Balaban J connectivity index is 1.24. The molecule has 1 aliphatic heterocycles. The van der Waals surface area contributed by atoms with Gasteiger partial charge in [-0.25, -0.2) is 0 Å². The van der Waals surface area contributed by atoms with Crippen LogP contribution in [0, 0.1) is 34.6 Å². The zero-order chi connectivity index (χ0) is 51.6. The van der Waals surface area contributed by atoms with Gasteiger partial charge in [0.05, 0.1) is 0 Å². The molecule has 72 heavy (non-hydrogen) atoms. The third-order valence-electron chi connectivity index (χ3n) is 18.1. The molecule has 0 saturated carbocycles. The van der Waals surface area contributed by atoms with Gasteiger partial charge in [-0.15, -0.1) is 0 Å². The largest absolute Gasteiger partial charge is 0.310 e. The highest BCUT2D eigenvalue weighted by Crippen LogP contribution is 2.53. The van der Waals surface area contributed by atoms with Crippen molar-refractivity contribution in [1.82, 2.24) is 0 Å². The van der Waals surface area contributed by atoms with Gasteiger partial charge in [0.2, 0.25) is 6.71 Å². The number of nitrogens with zero attached hydrogens (tertiary/aromatic N) is 1. The SMILES string of the molecule is Cc1cc(C)c2c(c1)C(CCc1c(C)cc(C(C)(C)C)cc1C)c1cc3c(cc1B2c1ccc(N(c2ccccc2)c2ccccc2)cc1C(C)c1cc2c(cc1C)C(C)(C)CC2(C)C)C(C)(C)CC3(C)C. The highest BCUT2D eigenvalue weighted by molar-refractivity contribution is 6.97. The number of fused-ring (bicyclic) bond motifs is 4. The summed E-state index contributed by atoms with van der Waals surface area (Å²) in [6, 6.07) is 50.2. The van der Waals surface area contributed by atoms with Crippen LogP contribution in [-0.2, 0) is 33.5 Å². The van der Waals surface area contributed by atoms with Crippen LogP contribution in [-0.4, -0.2) is 6.71 Å². The molecular formula is C70H82BN. The molecule has 1 heterocycles. The van der Waals surface area contributed by atoms with E-state index in [-0.39, 0.29) is 45.6 Å². The minimum atomic E-state index is 0.0599. The van der Waals surface area contributed by atoms with Crippen LogP contribution in [0.15, 0.2) is 127 Å². The minimum Gasteiger partial charge on any atom is -0.310 e. The average molecular weight is 948 g/mol. The maximum atomic E-state index is 2.74. The Hall–Kier alpha value is -5.60. The van der Waals surface area contributed by atoms with Gasteiger partial charge in [0.15, 0.2) is 0 Å². The molecule has 3 aliphatic rings. The molecule has 2 aliphatic carbocycles. The Kier molecular flexibility index (Phi) is 12.2. The second-order valence-electron chi connectivity index (χ2n) is 26.7. The lowest BCUT2D eigenvalue weighted by atomic mass is 9.31. The lowest BCUT2D eigenvalue weighted by Crippen LogP contribution is -2.60. The predicted octanol–water partition coefficient (Wildman–Crippen LogP) is 16.7. The smallest absolute Gasteiger partial charge is 0.242 e. The molecular weight excluding hydrogens is 866 g/mol. The number of benzene rings is 7. The van der Waals surface area contributed by atoms with Crippen molar-refractivity contribution in [1.29, 1.82) is 0 Å². The number of rotatable bonds is 9. The van der Waals surface area contributed by atoms with Crippen LogP contribution in [0.2, 0.25) is 0 Å². The summed E-state index contributed by atoms with van der Waals surface area (Å²) in [5.74, 6) is 0.396. The second-order valence-corrected chi connectivity index (χ2v) is 26.7. The Bertz CT molecular complexity index is 3180. The van der Waals surface area contributed by atoms with Crippen LogP contribution in [0.1, 0.15) is 198 Å². The molecule has 7 aromatic carbocycles. The molecule has 0 aromatic heterocycles. The maximum absolute atomic E-state index is 2.74. The third-order valence-corrected chi connectivity index (χ3v) is 18.1. The topological polar surface area (TPSA) is 3.24 Å². The van der Waals surface area contributed by atoms with Gasteiger partial charge in [0.1, 0.15) is 0 Å². The number of hydrogen-bond acceptors (Lipinski definition) is 1.